The maximum absolute atomic E-state index is 6.13. The number of unbranched alkanes of at least 4 members (excludes halogenated alkanes) is 6. The number of hydrogen-bond acceptors (Lipinski definition) is 1. The highest BCUT2D eigenvalue weighted by Crippen LogP contribution is 2.28. The monoisotopic (exact) mass is 329 g/mol. The maximum atomic E-state index is 6.13. The summed E-state index contributed by atoms with van der Waals surface area (Å²) in [5, 5.41) is 4.84. The van der Waals surface area contributed by atoms with Crippen LogP contribution in [0, 0.1) is 0 Å². The second-order valence-electron chi connectivity index (χ2n) is 5.69. The first kappa shape index (κ1) is 18.8. The highest BCUT2D eigenvalue weighted by atomic mass is 35.5. The SMILES string of the molecule is CCCCCCCCCC(NCC)c1ccc(Cl)c(Cl)c1. The molecule has 0 spiro atoms. The molecule has 1 aromatic rings. The Labute approximate surface area is 140 Å². The van der Waals surface area contributed by atoms with E-state index in [-0.39, 0.29) is 0 Å². The lowest BCUT2D eigenvalue weighted by Crippen LogP contribution is -2.20. The molecule has 0 bridgehead atoms. The lowest BCUT2D eigenvalue weighted by atomic mass is 9.99. The molecule has 21 heavy (non-hydrogen) atoms. The largest absolute Gasteiger partial charge is 0.310 e. The van der Waals surface area contributed by atoms with Crippen molar-refractivity contribution in [1.82, 2.24) is 5.32 Å². The molecule has 3 heteroatoms. The Morgan fingerprint density at radius 1 is 0.905 bits per heavy atom. The van der Waals surface area contributed by atoms with Crippen molar-refractivity contribution in [2.45, 2.75) is 71.3 Å². The fraction of sp³-hybridized carbons (Fsp3) is 0.667. The molecule has 1 atom stereocenters. The van der Waals surface area contributed by atoms with Crippen molar-refractivity contribution >= 4 is 23.2 Å². The predicted molar refractivity (Wildman–Crippen MR) is 95.5 cm³/mol. The quantitative estimate of drug-likeness (QED) is 0.441. The summed E-state index contributed by atoms with van der Waals surface area (Å²) in [5.74, 6) is 0. The third kappa shape index (κ3) is 7.54. The van der Waals surface area contributed by atoms with E-state index in [0.29, 0.717) is 16.1 Å². The Morgan fingerprint density at radius 2 is 1.57 bits per heavy atom. The lowest BCUT2D eigenvalue weighted by molar-refractivity contribution is 0.476. The smallest absolute Gasteiger partial charge is 0.0595 e. The summed E-state index contributed by atoms with van der Waals surface area (Å²) in [6.45, 7) is 5.38. The van der Waals surface area contributed by atoms with Crippen molar-refractivity contribution in [2.75, 3.05) is 6.54 Å². The average molecular weight is 330 g/mol. The Bertz CT molecular complexity index is 393. The maximum Gasteiger partial charge on any atom is 0.0595 e. The fourth-order valence-corrected chi connectivity index (χ4v) is 2.97. The van der Waals surface area contributed by atoms with Gasteiger partial charge in [0.25, 0.3) is 0 Å². The zero-order valence-corrected chi connectivity index (χ0v) is 14.9. The molecule has 0 saturated carbocycles. The van der Waals surface area contributed by atoms with Gasteiger partial charge in [-0.15, -0.1) is 0 Å². The molecule has 1 rings (SSSR count). The van der Waals surface area contributed by atoms with Gasteiger partial charge in [0.1, 0.15) is 0 Å². The van der Waals surface area contributed by atoms with Gasteiger partial charge in [-0.2, -0.15) is 0 Å². The van der Waals surface area contributed by atoms with Crippen LogP contribution < -0.4 is 5.32 Å². The Kier molecular flexibility index (Phi) is 10.2. The molecule has 0 aliphatic heterocycles. The van der Waals surface area contributed by atoms with E-state index in [4.69, 9.17) is 23.2 Å². The van der Waals surface area contributed by atoms with Crippen LogP contribution in [0.5, 0.6) is 0 Å². The van der Waals surface area contributed by atoms with Gasteiger partial charge in [-0.25, -0.2) is 0 Å². The molecule has 0 aromatic heterocycles. The van der Waals surface area contributed by atoms with E-state index in [1.165, 1.54) is 56.9 Å². The molecule has 0 radical (unpaired) electrons. The van der Waals surface area contributed by atoms with Gasteiger partial charge in [-0.05, 0) is 30.7 Å². The number of benzene rings is 1. The van der Waals surface area contributed by atoms with Gasteiger partial charge in [0.2, 0.25) is 0 Å². The Hall–Kier alpha value is -0.240. The third-order valence-electron chi connectivity index (χ3n) is 3.89. The van der Waals surface area contributed by atoms with E-state index in [1.807, 2.05) is 12.1 Å². The standard InChI is InChI=1S/C18H29Cl2N/c1-3-5-6-7-8-9-10-11-18(21-4-2)15-12-13-16(19)17(20)14-15/h12-14,18,21H,3-11H2,1-2H3. The number of hydrogen-bond donors (Lipinski definition) is 1. The number of nitrogens with one attached hydrogen (secondary N) is 1. The van der Waals surface area contributed by atoms with Crippen LogP contribution in [0.3, 0.4) is 0 Å². The molecular formula is C18H29Cl2N. The first-order chi connectivity index (χ1) is 10.2. The number of halogens is 2. The van der Waals surface area contributed by atoms with E-state index in [2.05, 4.69) is 25.2 Å². The van der Waals surface area contributed by atoms with Crippen molar-refractivity contribution in [3.8, 4) is 0 Å². The summed E-state index contributed by atoms with van der Waals surface area (Å²) < 4.78 is 0. The van der Waals surface area contributed by atoms with E-state index in [1.54, 1.807) is 0 Å². The van der Waals surface area contributed by atoms with Crippen LogP contribution in [0.1, 0.15) is 76.8 Å². The van der Waals surface area contributed by atoms with Crippen LogP contribution in [0.4, 0.5) is 0 Å². The van der Waals surface area contributed by atoms with Gasteiger partial charge in [-0.3, -0.25) is 0 Å². The summed E-state index contributed by atoms with van der Waals surface area (Å²) in [4.78, 5) is 0. The second-order valence-corrected chi connectivity index (χ2v) is 6.51. The molecular weight excluding hydrogens is 301 g/mol. The van der Waals surface area contributed by atoms with Crippen molar-refractivity contribution in [3.63, 3.8) is 0 Å². The fourth-order valence-electron chi connectivity index (χ4n) is 2.67. The van der Waals surface area contributed by atoms with E-state index < -0.39 is 0 Å². The van der Waals surface area contributed by atoms with Crippen molar-refractivity contribution in [2.24, 2.45) is 0 Å². The van der Waals surface area contributed by atoms with Crippen LogP contribution in [0.25, 0.3) is 0 Å². The lowest BCUT2D eigenvalue weighted by Gasteiger charge is -2.19. The van der Waals surface area contributed by atoms with Gasteiger partial charge >= 0.3 is 0 Å². The third-order valence-corrected chi connectivity index (χ3v) is 4.63. The molecule has 1 aromatic carbocycles. The zero-order chi connectivity index (χ0) is 15.5. The molecule has 1 nitrogen and oxygen atoms in total. The van der Waals surface area contributed by atoms with Gasteiger partial charge < -0.3 is 5.32 Å². The van der Waals surface area contributed by atoms with Gasteiger partial charge in [0, 0.05) is 6.04 Å². The summed E-state index contributed by atoms with van der Waals surface area (Å²) in [5.41, 5.74) is 1.25. The van der Waals surface area contributed by atoms with Crippen LogP contribution in [0.15, 0.2) is 18.2 Å². The minimum absolute atomic E-state index is 0.389. The molecule has 0 heterocycles. The molecule has 0 fully saturated rings. The van der Waals surface area contributed by atoms with E-state index in [0.717, 1.165) is 6.54 Å². The average Bonchev–Trinajstić information content (AvgIpc) is 2.48. The molecule has 120 valence electrons. The Balaban J connectivity index is 2.37. The van der Waals surface area contributed by atoms with Crippen LogP contribution >= 0.6 is 23.2 Å². The highest BCUT2D eigenvalue weighted by molar-refractivity contribution is 6.42. The van der Waals surface area contributed by atoms with Crippen LogP contribution in [-0.4, -0.2) is 6.54 Å². The van der Waals surface area contributed by atoms with Crippen LogP contribution in [0.2, 0.25) is 10.0 Å². The highest BCUT2D eigenvalue weighted by Gasteiger charge is 2.11. The normalized spacial score (nSPS) is 12.6. The summed E-state index contributed by atoms with van der Waals surface area (Å²) in [6, 6.07) is 6.37. The molecule has 0 aliphatic rings. The van der Waals surface area contributed by atoms with Crippen molar-refractivity contribution in [3.05, 3.63) is 33.8 Å². The van der Waals surface area contributed by atoms with Crippen molar-refractivity contribution in [1.29, 1.82) is 0 Å². The molecule has 0 amide bonds. The summed E-state index contributed by atoms with van der Waals surface area (Å²) in [6.07, 6.45) is 10.6. The first-order valence-electron chi connectivity index (χ1n) is 8.37. The number of rotatable bonds is 11. The molecule has 1 N–H and O–H groups in total. The van der Waals surface area contributed by atoms with E-state index >= 15 is 0 Å². The van der Waals surface area contributed by atoms with Crippen LogP contribution in [-0.2, 0) is 0 Å². The summed E-state index contributed by atoms with van der Waals surface area (Å²) in [7, 11) is 0. The van der Waals surface area contributed by atoms with Gasteiger partial charge in [0.15, 0.2) is 0 Å². The first-order valence-corrected chi connectivity index (χ1v) is 9.13. The van der Waals surface area contributed by atoms with Gasteiger partial charge in [-0.1, -0.05) is 88.1 Å². The zero-order valence-electron chi connectivity index (χ0n) is 13.4. The molecule has 0 aliphatic carbocycles. The molecule has 0 saturated heterocycles. The van der Waals surface area contributed by atoms with Crippen molar-refractivity contribution < 1.29 is 0 Å². The van der Waals surface area contributed by atoms with E-state index in [9.17, 15) is 0 Å². The van der Waals surface area contributed by atoms with Gasteiger partial charge in [0.05, 0.1) is 10.0 Å². The Morgan fingerprint density at radius 3 is 2.19 bits per heavy atom. The topological polar surface area (TPSA) is 12.0 Å². The second kappa shape index (κ2) is 11.3. The molecule has 1 unspecified atom stereocenters. The summed E-state index contributed by atoms with van der Waals surface area (Å²) >= 11 is 12.1. The minimum Gasteiger partial charge on any atom is -0.310 e. The minimum atomic E-state index is 0.389. The predicted octanol–water partition coefficient (Wildman–Crippen LogP) is 6.78.